The minimum atomic E-state index is -0.0696. The van der Waals surface area contributed by atoms with Crippen LogP contribution >= 0.6 is 0 Å². The van der Waals surface area contributed by atoms with E-state index in [0.29, 0.717) is 17.5 Å². The minimum Gasteiger partial charge on any atom is -0.208 e. The smallest absolute Gasteiger partial charge is 0.165 e. The summed E-state index contributed by atoms with van der Waals surface area (Å²) in [4.78, 5) is 15.6. The van der Waals surface area contributed by atoms with Gasteiger partial charge in [0.1, 0.15) is 0 Å². The number of fused-ring (bicyclic) bond motifs is 7. The lowest BCUT2D eigenvalue weighted by Gasteiger charge is -2.22. The zero-order chi connectivity index (χ0) is 34.1. The molecule has 0 saturated heterocycles. The molecule has 0 amide bonds. The van der Waals surface area contributed by atoms with Gasteiger partial charge in [0, 0.05) is 22.1 Å². The maximum atomic E-state index is 5.30. The first-order valence-corrected chi connectivity index (χ1v) is 17.5. The molecular formula is C48H33N3. The molecule has 0 aliphatic heterocycles. The molecule has 240 valence electrons. The highest BCUT2D eigenvalue weighted by Crippen LogP contribution is 2.49. The predicted molar refractivity (Wildman–Crippen MR) is 212 cm³/mol. The van der Waals surface area contributed by atoms with Crippen LogP contribution in [0.25, 0.3) is 88.7 Å². The van der Waals surface area contributed by atoms with Crippen LogP contribution in [0.5, 0.6) is 0 Å². The van der Waals surface area contributed by atoms with Crippen LogP contribution < -0.4 is 0 Å². The summed E-state index contributed by atoms with van der Waals surface area (Å²) in [6.45, 7) is 4.66. The van der Waals surface area contributed by atoms with Gasteiger partial charge in [-0.05, 0) is 83.9 Å². The zero-order valence-electron chi connectivity index (χ0n) is 28.4. The fourth-order valence-corrected chi connectivity index (χ4v) is 8.12. The van der Waals surface area contributed by atoms with Gasteiger partial charge in [-0.3, -0.25) is 0 Å². The van der Waals surface area contributed by atoms with Crippen molar-refractivity contribution in [2.45, 2.75) is 19.3 Å². The van der Waals surface area contributed by atoms with Crippen molar-refractivity contribution in [3.05, 3.63) is 175 Å². The Labute approximate surface area is 297 Å². The van der Waals surface area contributed by atoms with E-state index < -0.39 is 0 Å². The van der Waals surface area contributed by atoms with Gasteiger partial charge in [-0.15, -0.1) is 0 Å². The standard InChI is InChI=1S/C48H33N3/c1-48(2)42-22-11-10-21-38(42)39-25-24-33(29-43(39)48)32-17-12-18-35(27-32)46-49-45(31-14-4-3-5-15-31)50-47(51-46)44-37-20-9-7-16-34(37)28-41-36-19-8-6-13-30(36)23-26-40(41)44/h3-29H,1-2H3. The van der Waals surface area contributed by atoms with Crippen LogP contribution in [0.2, 0.25) is 0 Å². The Morgan fingerprint density at radius 1 is 0.353 bits per heavy atom. The van der Waals surface area contributed by atoms with Gasteiger partial charge < -0.3 is 0 Å². The van der Waals surface area contributed by atoms with Crippen molar-refractivity contribution >= 4 is 32.3 Å². The molecule has 9 aromatic rings. The summed E-state index contributed by atoms with van der Waals surface area (Å²) in [5.74, 6) is 1.97. The van der Waals surface area contributed by atoms with Crippen LogP contribution in [0.15, 0.2) is 164 Å². The van der Waals surface area contributed by atoms with E-state index in [1.807, 2.05) is 18.2 Å². The largest absolute Gasteiger partial charge is 0.208 e. The third-order valence-corrected chi connectivity index (χ3v) is 10.7. The second-order valence-corrected chi connectivity index (χ2v) is 14.0. The van der Waals surface area contributed by atoms with Crippen LogP contribution in [0.4, 0.5) is 0 Å². The van der Waals surface area contributed by atoms with E-state index in [0.717, 1.165) is 38.4 Å². The third kappa shape index (κ3) is 4.69. The van der Waals surface area contributed by atoms with E-state index in [1.54, 1.807) is 0 Å². The Balaban J connectivity index is 1.18. The number of hydrogen-bond donors (Lipinski definition) is 0. The Morgan fingerprint density at radius 3 is 1.84 bits per heavy atom. The number of benzene rings is 8. The van der Waals surface area contributed by atoms with Crippen molar-refractivity contribution in [2.24, 2.45) is 0 Å². The van der Waals surface area contributed by atoms with Gasteiger partial charge in [-0.1, -0.05) is 159 Å². The minimum absolute atomic E-state index is 0.0696. The number of aromatic nitrogens is 3. The van der Waals surface area contributed by atoms with Crippen molar-refractivity contribution in [1.82, 2.24) is 15.0 Å². The second kappa shape index (κ2) is 11.3. The first-order valence-electron chi connectivity index (χ1n) is 17.5. The second-order valence-electron chi connectivity index (χ2n) is 14.0. The Morgan fingerprint density at radius 2 is 0.980 bits per heavy atom. The summed E-state index contributed by atoms with van der Waals surface area (Å²) < 4.78 is 0. The Hall–Kier alpha value is -6.45. The van der Waals surface area contributed by atoms with Crippen LogP contribution in [0, 0.1) is 0 Å². The van der Waals surface area contributed by atoms with Gasteiger partial charge in [0.05, 0.1) is 0 Å². The average molecular weight is 652 g/mol. The molecule has 0 bridgehead atoms. The molecule has 3 heteroatoms. The molecule has 3 nitrogen and oxygen atoms in total. The van der Waals surface area contributed by atoms with Gasteiger partial charge in [-0.25, -0.2) is 15.0 Å². The van der Waals surface area contributed by atoms with Crippen molar-refractivity contribution in [1.29, 1.82) is 0 Å². The van der Waals surface area contributed by atoms with E-state index in [4.69, 9.17) is 15.0 Å². The average Bonchev–Trinajstić information content (AvgIpc) is 3.42. The molecule has 0 spiro atoms. The molecule has 1 aromatic heterocycles. The van der Waals surface area contributed by atoms with Crippen LogP contribution in [-0.2, 0) is 5.41 Å². The zero-order valence-corrected chi connectivity index (χ0v) is 28.4. The van der Waals surface area contributed by atoms with Gasteiger partial charge in [0.15, 0.2) is 17.5 Å². The summed E-state index contributed by atoms with van der Waals surface area (Å²) in [6, 6.07) is 58.4. The van der Waals surface area contributed by atoms with Crippen LogP contribution in [0.1, 0.15) is 25.0 Å². The Kier molecular flexibility index (Phi) is 6.53. The topological polar surface area (TPSA) is 38.7 Å². The van der Waals surface area contributed by atoms with Gasteiger partial charge in [-0.2, -0.15) is 0 Å². The molecule has 1 heterocycles. The molecule has 1 aliphatic rings. The monoisotopic (exact) mass is 651 g/mol. The first-order chi connectivity index (χ1) is 25.0. The van der Waals surface area contributed by atoms with Gasteiger partial charge in [0.2, 0.25) is 0 Å². The maximum Gasteiger partial charge on any atom is 0.165 e. The molecule has 51 heavy (non-hydrogen) atoms. The molecule has 0 atom stereocenters. The molecule has 0 unspecified atom stereocenters. The lowest BCUT2D eigenvalue weighted by atomic mass is 9.81. The molecule has 1 aliphatic carbocycles. The fourth-order valence-electron chi connectivity index (χ4n) is 8.12. The summed E-state index contributed by atoms with van der Waals surface area (Å²) in [5, 5.41) is 7.01. The molecule has 8 aromatic carbocycles. The highest BCUT2D eigenvalue weighted by atomic mass is 15.0. The first kappa shape index (κ1) is 29.5. The van der Waals surface area contributed by atoms with E-state index in [9.17, 15) is 0 Å². The fraction of sp³-hybridized carbons (Fsp3) is 0.0625. The summed E-state index contributed by atoms with van der Waals surface area (Å²) >= 11 is 0. The van der Waals surface area contributed by atoms with E-state index in [2.05, 4.69) is 159 Å². The summed E-state index contributed by atoms with van der Waals surface area (Å²) in [6.07, 6.45) is 0. The van der Waals surface area contributed by atoms with Crippen molar-refractivity contribution in [2.75, 3.05) is 0 Å². The highest BCUT2D eigenvalue weighted by Gasteiger charge is 2.35. The van der Waals surface area contributed by atoms with Crippen molar-refractivity contribution < 1.29 is 0 Å². The molecule has 0 saturated carbocycles. The quantitative estimate of drug-likeness (QED) is 0.140. The molecular weight excluding hydrogens is 619 g/mol. The predicted octanol–water partition coefficient (Wildman–Crippen LogP) is 12.3. The maximum absolute atomic E-state index is 5.30. The molecule has 0 fully saturated rings. The van der Waals surface area contributed by atoms with E-state index >= 15 is 0 Å². The Bertz CT molecular complexity index is 2830. The number of rotatable bonds is 4. The van der Waals surface area contributed by atoms with Gasteiger partial charge in [0.25, 0.3) is 0 Å². The van der Waals surface area contributed by atoms with Crippen molar-refractivity contribution in [3.63, 3.8) is 0 Å². The highest BCUT2D eigenvalue weighted by molar-refractivity contribution is 6.19. The number of nitrogens with zero attached hydrogens (tertiary/aromatic N) is 3. The lowest BCUT2D eigenvalue weighted by Crippen LogP contribution is -2.14. The SMILES string of the molecule is CC1(C)c2ccccc2-c2ccc(-c3cccc(-c4nc(-c5ccccc5)nc(-c5c6ccccc6cc6c5ccc5ccccc56)n4)c3)cc21. The van der Waals surface area contributed by atoms with E-state index in [-0.39, 0.29) is 5.41 Å². The number of hydrogen-bond acceptors (Lipinski definition) is 3. The van der Waals surface area contributed by atoms with Crippen molar-refractivity contribution in [3.8, 4) is 56.4 Å². The molecule has 0 radical (unpaired) electrons. The summed E-state index contributed by atoms with van der Waals surface area (Å²) in [5.41, 5.74) is 10.6. The molecule has 10 rings (SSSR count). The molecule has 0 N–H and O–H groups in total. The van der Waals surface area contributed by atoms with Crippen LogP contribution in [0.3, 0.4) is 0 Å². The van der Waals surface area contributed by atoms with E-state index in [1.165, 1.54) is 44.0 Å². The third-order valence-electron chi connectivity index (χ3n) is 10.7. The summed E-state index contributed by atoms with van der Waals surface area (Å²) in [7, 11) is 0. The van der Waals surface area contributed by atoms with Gasteiger partial charge >= 0.3 is 0 Å². The normalized spacial score (nSPS) is 13.1. The van der Waals surface area contributed by atoms with Crippen LogP contribution in [-0.4, -0.2) is 15.0 Å². The lowest BCUT2D eigenvalue weighted by molar-refractivity contribution is 0.660.